The van der Waals surface area contributed by atoms with Gasteiger partial charge in [-0.2, -0.15) is 0 Å². The molecule has 0 spiro atoms. The monoisotopic (exact) mass is 370 g/mol. The standard InChI is InChI=1S/C20H30N6O/c1-4-21-20(23-14-19-25-24-18-6-5-13-26(18)19)22-12-11-15(2)16-7-9-17(27-3)10-8-16/h7-10,15H,4-6,11-14H2,1-3H3,(H2,21,22,23). The molecule has 146 valence electrons. The summed E-state index contributed by atoms with van der Waals surface area (Å²) < 4.78 is 7.42. The Morgan fingerprint density at radius 1 is 1.26 bits per heavy atom. The molecule has 1 aromatic heterocycles. The van der Waals surface area contributed by atoms with Crippen molar-refractivity contribution < 1.29 is 4.74 Å². The van der Waals surface area contributed by atoms with Crippen molar-refractivity contribution in [3.63, 3.8) is 0 Å². The lowest BCUT2D eigenvalue weighted by Gasteiger charge is -2.15. The predicted octanol–water partition coefficient (Wildman–Crippen LogP) is 2.48. The van der Waals surface area contributed by atoms with Gasteiger partial charge in [0.05, 0.1) is 7.11 Å². The van der Waals surface area contributed by atoms with Crippen LogP contribution in [-0.4, -0.2) is 40.9 Å². The number of ether oxygens (including phenoxy) is 1. The van der Waals surface area contributed by atoms with E-state index in [1.54, 1.807) is 7.11 Å². The average Bonchev–Trinajstić information content (AvgIpc) is 3.30. The largest absolute Gasteiger partial charge is 0.497 e. The molecule has 0 saturated heterocycles. The van der Waals surface area contributed by atoms with E-state index in [0.29, 0.717) is 12.5 Å². The molecule has 0 aliphatic carbocycles. The van der Waals surface area contributed by atoms with E-state index in [1.165, 1.54) is 5.56 Å². The molecule has 1 atom stereocenters. The highest BCUT2D eigenvalue weighted by Crippen LogP contribution is 2.21. The van der Waals surface area contributed by atoms with Crippen molar-refractivity contribution in [3.05, 3.63) is 41.5 Å². The fourth-order valence-electron chi connectivity index (χ4n) is 3.33. The lowest BCUT2D eigenvalue weighted by atomic mass is 9.98. The molecule has 7 nitrogen and oxygen atoms in total. The summed E-state index contributed by atoms with van der Waals surface area (Å²) in [6.45, 7) is 7.57. The van der Waals surface area contributed by atoms with Crippen molar-refractivity contribution in [3.8, 4) is 5.75 Å². The van der Waals surface area contributed by atoms with Crippen molar-refractivity contribution in [2.45, 2.75) is 52.1 Å². The summed E-state index contributed by atoms with van der Waals surface area (Å²) in [4.78, 5) is 4.68. The van der Waals surface area contributed by atoms with Gasteiger partial charge in [-0.25, -0.2) is 4.99 Å². The van der Waals surface area contributed by atoms with Gasteiger partial charge in [-0.15, -0.1) is 10.2 Å². The van der Waals surface area contributed by atoms with E-state index >= 15 is 0 Å². The van der Waals surface area contributed by atoms with Crippen molar-refractivity contribution in [2.24, 2.45) is 4.99 Å². The van der Waals surface area contributed by atoms with Crippen LogP contribution in [0.3, 0.4) is 0 Å². The molecule has 0 radical (unpaired) electrons. The first-order valence-corrected chi connectivity index (χ1v) is 9.78. The van der Waals surface area contributed by atoms with Gasteiger partial charge in [0.15, 0.2) is 11.8 Å². The van der Waals surface area contributed by atoms with Gasteiger partial charge in [-0.1, -0.05) is 19.1 Å². The van der Waals surface area contributed by atoms with Crippen LogP contribution in [0.5, 0.6) is 5.75 Å². The van der Waals surface area contributed by atoms with Crippen molar-refractivity contribution in [1.29, 1.82) is 0 Å². The third-order valence-electron chi connectivity index (χ3n) is 4.96. The summed E-state index contributed by atoms with van der Waals surface area (Å²) in [5, 5.41) is 15.3. The van der Waals surface area contributed by atoms with Crippen LogP contribution in [0.25, 0.3) is 0 Å². The van der Waals surface area contributed by atoms with Crippen molar-refractivity contribution in [1.82, 2.24) is 25.4 Å². The number of aromatic nitrogens is 3. The maximum atomic E-state index is 5.23. The zero-order valence-corrected chi connectivity index (χ0v) is 16.5. The molecule has 2 heterocycles. The molecule has 0 saturated carbocycles. The summed E-state index contributed by atoms with van der Waals surface area (Å²) in [6, 6.07) is 8.30. The number of aryl methyl sites for hydroxylation is 1. The third-order valence-corrected chi connectivity index (χ3v) is 4.96. The Kier molecular flexibility index (Phi) is 6.68. The minimum absolute atomic E-state index is 0.464. The van der Waals surface area contributed by atoms with Crippen molar-refractivity contribution in [2.75, 3.05) is 20.2 Å². The van der Waals surface area contributed by atoms with Gasteiger partial charge >= 0.3 is 0 Å². The first kappa shape index (κ1) is 19.2. The maximum absolute atomic E-state index is 5.23. The topological polar surface area (TPSA) is 76.4 Å². The number of benzene rings is 1. The molecule has 1 aromatic carbocycles. The summed E-state index contributed by atoms with van der Waals surface area (Å²) in [5.41, 5.74) is 1.32. The highest BCUT2D eigenvalue weighted by molar-refractivity contribution is 5.79. The molecule has 2 aromatic rings. The molecule has 1 aliphatic rings. The fraction of sp³-hybridized carbons (Fsp3) is 0.550. The Bertz CT molecular complexity index is 752. The molecular weight excluding hydrogens is 340 g/mol. The number of hydrogen-bond donors (Lipinski definition) is 2. The lowest BCUT2D eigenvalue weighted by molar-refractivity contribution is 0.414. The van der Waals surface area contributed by atoms with E-state index in [-0.39, 0.29) is 0 Å². The van der Waals surface area contributed by atoms with Gasteiger partial charge in [0.1, 0.15) is 18.1 Å². The van der Waals surface area contributed by atoms with Gasteiger partial charge in [0, 0.05) is 26.1 Å². The quantitative estimate of drug-likeness (QED) is 0.551. The van der Waals surface area contributed by atoms with Crippen molar-refractivity contribution >= 4 is 5.96 Å². The maximum Gasteiger partial charge on any atom is 0.191 e. The Morgan fingerprint density at radius 2 is 2.07 bits per heavy atom. The molecule has 0 fully saturated rings. The summed E-state index contributed by atoms with van der Waals surface area (Å²) in [5.74, 6) is 4.23. The number of hydrogen-bond acceptors (Lipinski definition) is 4. The predicted molar refractivity (Wildman–Crippen MR) is 107 cm³/mol. The minimum atomic E-state index is 0.464. The molecule has 3 rings (SSSR count). The second kappa shape index (κ2) is 9.39. The highest BCUT2D eigenvalue weighted by Gasteiger charge is 2.16. The second-order valence-electron chi connectivity index (χ2n) is 6.87. The van der Waals surface area contributed by atoms with Crippen LogP contribution >= 0.6 is 0 Å². The molecule has 2 N–H and O–H groups in total. The first-order chi connectivity index (χ1) is 13.2. The number of nitrogens with one attached hydrogen (secondary N) is 2. The van der Waals surface area contributed by atoms with Gasteiger partial charge in [0.2, 0.25) is 0 Å². The van der Waals surface area contributed by atoms with Gasteiger partial charge in [-0.3, -0.25) is 0 Å². The Morgan fingerprint density at radius 3 is 2.81 bits per heavy atom. The van der Waals surface area contributed by atoms with E-state index in [4.69, 9.17) is 4.74 Å². The number of nitrogens with zero attached hydrogens (tertiary/aromatic N) is 4. The van der Waals surface area contributed by atoms with Crippen LogP contribution in [0.1, 0.15) is 49.8 Å². The van der Waals surface area contributed by atoms with E-state index in [9.17, 15) is 0 Å². The zero-order valence-electron chi connectivity index (χ0n) is 16.5. The van der Waals surface area contributed by atoms with Crippen LogP contribution in [0, 0.1) is 0 Å². The summed E-state index contributed by atoms with van der Waals surface area (Å²) in [7, 11) is 1.69. The Balaban J connectivity index is 1.51. The van der Waals surface area contributed by atoms with Gasteiger partial charge in [-0.05, 0) is 43.4 Å². The molecule has 1 aliphatic heterocycles. The van der Waals surface area contributed by atoms with Gasteiger partial charge < -0.3 is 19.9 Å². The van der Waals surface area contributed by atoms with E-state index < -0.39 is 0 Å². The van der Waals surface area contributed by atoms with Crippen LogP contribution in [0.4, 0.5) is 0 Å². The number of aliphatic imine (C=N–C) groups is 1. The molecule has 7 heteroatoms. The normalized spacial score (nSPS) is 14.7. The highest BCUT2D eigenvalue weighted by atomic mass is 16.5. The minimum Gasteiger partial charge on any atom is -0.497 e. The smallest absolute Gasteiger partial charge is 0.191 e. The zero-order chi connectivity index (χ0) is 19.1. The number of methoxy groups -OCH3 is 1. The van der Waals surface area contributed by atoms with Gasteiger partial charge in [0.25, 0.3) is 0 Å². The average molecular weight is 371 g/mol. The second-order valence-corrected chi connectivity index (χ2v) is 6.87. The third kappa shape index (κ3) is 4.99. The van der Waals surface area contributed by atoms with E-state index in [1.807, 2.05) is 12.1 Å². The summed E-state index contributed by atoms with van der Waals surface area (Å²) in [6.07, 6.45) is 3.21. The lowest BCUT2D eigenvalue weighted by Crippen LogP contribution is -2.38. The van der Waals surface area contributed by atoms with Crippen LogP contribution in [0.15, 0.2) is 29.3 Å². The molecular formula is C20H30N6O. The number of fused-ring (bicyclic) bond motifs is 1. The summed E-state index contributed by atoms with van der Waals surface area (Å²) >= 11 is 0. The molecule has 0 bridgehead atoms. The molecule has 27 heavy (non-hydrogen) atoms. The number of rotatable bonds is 8. The fourth-order valence-corrected chi connectivity index (χ4v) is 3.33. The van der Waals surface area contributed by atoms with Crippen LogP contribution in [-0.2, 0) is 19.5 Å². The van der Waals surface area contributed by atoms with E-state index in [2.05, 4.69) is 56.4 Å². The number of guanidine groups is 1. The van der Waals surface area contributed by atoms with E-state index in [0.717, 1.165) is 62.3 Å². The Labute approximate surface area is 161 Å². The molecule has 1 unspecified atom stereocenters. The first-order valence-electron chi connectivity index (χ1n) is 9.78. The Hall–Kier alpha value is -2.57. The SMILES string of the molecule is CCNC(=NCc1nnc2n1CCC2)NCCC(C)c1ccc(OC)cc1. The van der Waals surface area contributed by atoms with Crippen LogP contribution in [0.2, 0.25) is 0 Å². The molecule has 0 amide bonds. The van der Waals surface area contributed by atoms with Crippen LogP contribution < -0.4 is 15.4 Å².